The Kier molecular flexibility index (Phi) is 5.08. The minimum absolute atomic E-state index is 0.131. The van der Waals surface area contributed by atoms with Crippen molar-refractivity contribution in [2.45, 2.75) is 32.6 Å². The molecule has 4 heteroatoms. The van der Waals surface area contributed by atoms with Crippen LogP contribution in [0.3, 0.4) is 0 Å². The van der Waals surface area contributed by atoms with E-state index in [4.69, 9.17) is 10.2 Å². The first kappa shape index (κ1) is 10.9. The molecule has 0 radical (unpaired) electrons. The van der Waals surface area contributed by atoms with Gasteiger partial charge >= 0.3 is 11.9 Å². The second-order valence-corrected chi connectivity index (χ2v) is 2.88. The van der Waals surface area contributed by atoms with Gasteiger partial charge in [-0.25, -0.2) is 0 Å². The number of hydrogen-bond acceptors (Lipinski definition) is 2. The summed E-state index contributed by atoms with van der Waals surface area (Å²) in [5.41, 5.74) is 0. The molecule has 0 aromatic rings. The molecule has 4 nitrogen and oxygen atoms in total. The van der Waals surface area contributed by atoms with Gasteiger partial charge in [0.05, 0.1) is 5.92 Å². The Morgan fingerprint density at radius 1 is 1.25 bits per heavy atom. The van der Waals surface area contributed by atoms with Crippen LogP contribution >= 0.6 is 0 Å². The van der Waals surface area contributed by atoms with Gasteiger partial charge in [0, 0.05) is 6.42 Å². The van der Waals surface area contributed by atoms with Gasteiger partial charge in [0.15, 0.2) is 0 Å². The smallest absolute Gasteiger partial charge is 0.306 e. The lowest BCUT2D eigenvalue weighted by atomic mass is 10.0. The van der Waals surface area contributed by atoms with Crippen molar-refractivity contribution in [2.24, 2.45) is 5.92 Å². The number of rotatable bonds is 6. The van der Waals surface area contributed by atoms with E-state index in [1.807, 2.05) is 0 Å². The monoisotopic (exact) mass is 174 g/mol. The SMILES string of the molecule is CC(CCCCC(=O)O)C(=O)O. The third-order valence-corrected chi connectivity index (χ3v) is 1.70. The van der Waals surface area contributed by atoms with Crippen molar-refractivity contribution >= 4 is 11.9 Å². The lowest BCUT2D eigenvalue weighted by molar-refractivity contribution is -0.141. The molecule has 0 saturated heterocycles. The van der Waals surface area contributed by atoms with Crippen molar-refractivity contribution in [3.63, 3.8) is 0 Å². The molecule has 0 heterocycles. The summed E-state index contributed by atoms with van der Waals surface area (Å²) in [5.74, 6) is -2.00. The maximum Gasteiger partial charge on any atom is 0.306 e. The fourth-order valence-electron chi connectivity index (χ4n) is 0.850. The van der Waals surface area contributed by atoms with Crippen LogP contribution in [0.2, 0.25) is 0 Å². The van der Waals surface area contributed by atoms with Gasteiger partial charge in [0.25, 0.3) is 0 Å². The molecule has 0 spiro atoms. The topological polar surface area (TPSA) is 74.6 Å². The van der Waals surface area contributed by atoms with Crippen LogP contribution in [-0.4, -0.2) is 22.2 Å². The molecule has 0 aromatic heterocycles. The highest BCUT2D eigenvalue weighted by Gasteiger charge is 2.09. The third-order valence-electron chi connectivity index (χ3n) is 1.70. The first-order chi connectivity index (χ1) is 5.54. The zero-order valence-electron chi connectivity index (χ0n) is 7.12. The second kappa shape index (κ2) is 5.57. The van der Waals surface area contributed by atoms with E-state index in [9.17, 15) is 9.59 Å². The van der Waals surface area contributed by atoms with Crippen LogP contribution in [-0.2, 0) is 9.59 Å². The predicted octanol–water partition coefficient (Wildman–Crippen LogP) is 1.35. The van der Waals surface area contributed by atoms with Crippen molar-refractivity contribution in [1.29, 1.82) is 0 Å². The second-order valence-electron chi connectivity index (χ2n) is 2.88. The summed E-state index contributed by atoms with van der Waals surface area (Å²) in [4.78, 5) is 20.4. The van der Waals surface area contributed by atoms with Crippen LogP contribution in [0.4, 0.5) is 0 Å². The Hall–Kier alpha value is -1.06. The van der Waals surface area contributed by atoms with E-state index in [-0.39, 0.29) is 12.3 Å². The summed E-state index contributed by atoms with van der Waals surface area (Å²) in [6.45, 7) is 1.63. The van der Waals surface area contributed by atoms with Crippen molar-refractivity contribution in [3.05, 3.63) is 0 Å². The van der Waals surface area contributed by atoms with Crippen LogP contribution in [0.1, 0.15) is 32.6 Å². The Morgan fingerprint density at radius 3 is 2.25 bits per heavy atom. The van der Waals surface area contributed by atoms with Crippen LogP contribution in [0.25, 0.3) is 0 Å². The zero-order chi connectivity index (χ0) is 9.56. The van der Waals surface area contributed by atoms with Gasteiger partial charge in [-0.05, 0) is 12.8 Å². The maximum absolute atomic E-state index is 10.3. The van der Waals surface area contributed by atoms with E-state index in [1.54, 1.807) is 6.92 Å². The van der Waals surface area contributed by atoms with E-state index in [1.165, 1.54) is 0 Å². The third kappa shape index (κ3) is 5.70. The van der Waals surface area contributed by atoms with Crippen LogP contribution in [0, 0.1) is 5.92 Å². The highest BCUT2D eigenvalue weighted by molar-refractivity contribution is 5.69. The Bertz CT molecular complexity index is 164. The van der Waals surface area contributed by atoms with Gasteiger partial charge in [-0.3, -0.25) is 9.59 Å². The largest absolute Gasteiger partial charge is 0.481 e. The van der Waals surface area contributed by atoms with E-state index in [2.05, 4.69) is 0 Å². The van der Waals surface area contributed by atoms with Crippen molar-refractivity contribution in [2.75, 3.05) is 0 Å². The molecule has 70 valence electrons. The summed E-state index contributed by atoms with van der Waals surface area (Å²) in [6, 6.07) is 0. The quantitative estimate of drug-likeness (QED) is 0.596. The van der Waals surface area contributed by atoms with E-state index in [0.29, 0.717) is 19.3 Å². The van der Waals surface area contributed by atoms with Gasteiger partial charge in [0.1, 0.15) is 0 Å². The van der Waals surface area contributed by atoms with E-state index in [0.717, 1.165) is 0 Å². The number of aliphatic carboxylic acids is 2. The molecular weight excluding hydrogens is 160 g/mol. The molecule has 0 amide bonds. The van der Waals surface area contributed by atoms with Crippen LogP contribution in [0.15, 0.2) is 0 Å². The fourth-order valence-corrected chi connectivity index (χ4v) is 0.850. The fraction of sp³-hybridized carbons (Fsp3) is 0.750. The standard InChI is InChI=1S/C8H14O4/c1-6(8(11)12)4-2-3-5-7(9)10/h6H,2-5H2,1H3,(H,9,10)(H,11,12). The van der Waals surface area contributed by atoms with Crippen molar-refractivity contribution in [1.82, 2.24) is 0 Å². The first-order valence-electron chi connectivity index (χ1n) is 3.98. The minimum atomic E-state index is -0.821. The lowest BCUT2D eigenvalue weighted by Crippen LogP contribution is -2.09. The summed E-state index contributed by atoms with van der Waals surface area (Å²) >= 11 is 0. The highest BCUT2D eigenvalue weighted by Crippen LogP contribution is 2.08. The van der Waals surface area contributed by atoms with Crippen molar-refractivity contribution in [3.8, 4) is 0 Å². The van der Waals surface area contributed by atoms with Gasteiger partial charge in [-0.2, -0.15) is 0 Å². The molecule has 1 unspecified atom stereocenters. The molecule has 0 aliphatic rings. The van der Waals surface area contributed by atoms with Gasteiger partial charge in [-0.15, -0.1) is 0 Å². The number of unbranched alkanes of at least 4 members (excludes halogenated alkanes) is 1. The molecule has 2 N–H and O–H groups in total. The van der Waals surface area contributed by atoms with Gasteiger partial charge < -0.3 is 10.2 Å². The summed E-state index contributed by atoms with van der Waals surface area (Å²) in [6.07, 6.45) is 1.92. The molecule has 0 aliphatic heterocycles. The number of carboxylic acid groups (broad SMARTS) is 2. The van der Waals surface area contributed by atoms with Crippen LogP contribution < -0.4 is 0 Å². The Labute approximate surface area is 71.2 Å². The average Bonchev–Trinajstić information content (AvgIpc) is 1.97. The summed E-state index contributed by atoms with van der Waals surface area (Å²) < 4.78 is 0. The molecule has 12 heavy (non-hydrogen) atoms. The molecule has 0 aliphatic carbocycles. The molecular formula is C8H14O4. The van der Waals surface area contributed by atoms with E-state index >= 15 is 0 Å². The first-order valence-corrected chi connectivity index (χ1v) is 3.98. The summed E-state index contributed by atoms with van der Waals surface area (Å²) in [7, 11) is 0. The van der Waals surface area contributed by atoms with Gasteiger partial charge in [0.2, 0.25) is 0 Å². The normalized spacial score (nSPS) is 12.4. The maximum atomic E-state index is 10.3. The molecule has 0 aromatic carbocycles. The van der Waals surface area contributed by atoms with E-state index < -0.39 is 11.9 Å². The molecule has 0 saturated carbocycles. The zero-order valence-corrected chi connectivity index (χ0v) is 7.12. The highest BCUT2D eigenvalue weighted by atomic mass is 16.4. The number of hydrogen-bond donors (Lipinski definition) is 2. The Balaban J connectivity index is 3.31. The number of carboxylic acids is 2. The lowest BCUT2D eigenvalue weighted by Gasteiger charge is -2.03. The van der Waals surface area contributed by atoms with Gasteiger partial charge in [-0.1, -0.05) is 13.3 Å². The Morgan fingerprint density at radius 2 is 1.83 bits per heavy atom. The molecule has 1 atom stereocenters. The molecule has 0 rings (SSSR count). The molecule has 0 bridgehead atoms. The van der Waals surface area contributed by atoms with Crippen molar-refractivity contribution < 1.29 is 19.8 Å². The average molecular weight is 174 g/mol. The minimum Gasteiger partial charge on any atom is -0.481 e. The predicted molar refractivity (Wildman–Crippen MR) is 42.9 cm³/mol. The molecule has 0 fully saturated rings. The number of carbonyl (C=O) groups is 2. The van der Waals surface area contributed by atoms with Crippen LogP contribution in [0.5, 0.6) is 0 Å². The summed E-state index contributed by atoms with van der Waals surface area (Å²) in [5, 5.41) is 16.7.